The van der Waals surface area contributed by atoms with E-state index >= 15 is 0 Å². The van der Waals surface area contributed by atoms with Gasteiger partial charge in [-0.1, -0.05) is 36.0 Å². The molecule has 1 saturated heterocycles. The fourth-order valence-electron chi connectivity index (χ4n) is 3.65. The first-order valence-corrected chi connectivity index (χ1v) is 10.5. The largest absolute Gasteiger partial charge is 0.497 e. The molecule has 0 radical (unpaired) electrons. The third-order valence-electron chi connectivity index (χ3n) is 5.27. The van der Waals surface area contributed by atoms with Crippen LogP contribution in [-0.2, 0) is 25.7 Å². The Hall–Kier alpha value is -3.00. The molecule has 2 unspecified atom stereocenters. The average Bonchev–Trinajstić information content (AvgIpc) is 3.28. The van der Waals surface area contributed by atoms with E-state index in [0.29, 0.717) is 13.0 Å². The first kappa shape index (κ1) is 20.3. The van der Waals surface area contributed by atoms with Crippen molar-refractivity contribution in [1.82, 2.24) is 5.32 Å². The summed E-state index contributed by atoms with van der Waals surface area (Å²) < 4.78 is 10.6. The van der Waals surface area contributed by atoms with Crippen LogP contribution in [0.3, 0.4) is 0 Å². The maximum Gasteiger partial charge on any atom is 0.344 e. The van der Waals surface area contributed by atoms with E-state index in [0.717, 1.165) is 21.9 Å². The molecule has 0 aliphatic carbocycles. The lowest BCUT2D eigenvalue weighted by molar-refractivity contribution is -0.157. The number of benzene rings is 2. The minimum atomic E-state index is -1.13. The van der Waals surface area contributed by atoms with E-state index in [4.69, 9.17) is 9.47 Å². The molecule has 0 aromatic heterocycles. The summed E-state index contributed by atoms with van der Waals surface area (Å²) in [5.41, 5.74) is 1.62. The summed E-state index contributed by atoms with van der Waals surface area (Å²) in [6.45, 7) is 1.84. The molecule has 0 saturated carbocycles. The molecule has 0 spiro atoms. The lowest BCUT2D eigenvalue weighted by Gasteiger charge is -2.29. The summed E-state index contributed by atoms with van der Waals surface area (Å²) in [5.74, 6) is -0.341. The molecular formula is C22H22N2O5S. The van der Waals surface area contributed by atoms with Crippen LogP contribution in [0.2, 0.25) is 0 Å². The van der Waals surface area contributed by atoms with Crippen LogP contribution in [0.25, 0.3) is 0 Å². The van der Waals surface area contributed by atoms with Gasteiger partial charge in [-0.05, 0) is 36.8 Å². The predicted molar refractivity (Wildman–Crippen MR) is 112 cm³/mol. The van der Waals surface area contributed by atoms with Gasteiger partial charge in [0.05, 0.1) is 12.8 Å². The fourth-order valence-corrected chi connectivity index (χ4v) is 5.06. The predicted octanol–water partition coefficient (Wildman–Crippen LogP) is 2.87. The van der Waals surface area contributed by atoms with Crippen molar-refractivity contribution in [3.05, 3.63) is 54.1 Å². The first-order chi connectivity index (χ1) is 14.4. The van der Waals surface area contributed by atoms with Crippen molar-refractivity contribution in [3.8, 4) is 5.75 Å². The molecule has 2 aliphatic heterocycles. The monoisotopic (exact) mass is 426 g/mol. The molecule has 30 heavy (non-hydrogen) atoms. The van der Waals surface area contributed by atoms with Gasteiger partial charge in [-0.3, -0.25) is 14.5 Å². The van der Waals surface area contributed by atoms with Crippen molar-refractivity contribution in [2.45, 2.75) is 42.2 Å². The Bertz CT molecular complexity index is 993. The van der Waals surface area contributed by atoms with Gasteiger partial charge < -0.3 is 14.8 Å². The van der Waals surface area contributed by atoms with Gasteiger partial charge in [0.1, 0.15) is 5.75 Å². The number of anilines is 1. The summed E-state index contributed by atoms with van der Waals surface area (Å²) in [6, 6.07) is 14.7. The molecule has 8 heteroatoms. The summed E-state index contributed by atoms with van der Waals surface area (Å²) in [5, 5.41) is 2.77. The van der Waals surface area contributed by atoms with Crippen molar-refractivity contribution in [3.63, 3.8) is 0 Å². The zero-order valence-corrected chi connectivity index (χ0v) is 17.5. The van der Waals surface area contributed by atoms with Gasteiger partial charge >= 0.3 is 5.97 Å². The van der Waals surface area contributed by atoms with Gasteiger partial charge in [0, 0.05) is 24.3 Å². The molecule has 0 bridgehead atoms. The van der Waals surface area contributed by atoms with Crippen LogP contribution in [0.4, 0.5) is 5.69 Å². The molecule has 2 aliphatic rings. The van der Waals surface area contributed by atoms with E-state index in [9.17, 15) is 14.4 Å². The van der Waals surface area contributed by atoms with E-state index in [1.165, 1.54) is 23.6 Å². The highest BCUT2D eigenvalue weighted by Gasteiger charge is 2.58. The lowest BCUT2D eigenvalue weighted by Crippen LogP contribution is -2.50. The number of nitrogens with zero attached hydrogens (tertiary/aromatic N) is 1. The number of nitrogens with one attached hydrogen (secondary N) is 1. The minimum absolute atomic E-state index is 0.110. The van der Waals surface area contributed by atoms with Gasteiger partial charge in [0.15, 0.2) is 11.0 Å². The van der Waals surface area contributed by atoms with E-state index in [1.807, 2.05) is 48.5 Å². The van der Waals surface area contributed by atoms with Crippen molar-refractivity contribution < 1.29 is 23.9 Å². The molecule has 1 N–H and O–H groups in total. The van der Waals surface area contributed by atoms with Crippen LogP contribution in [-0.4, -0.2) is 35.9 Å². The van der Waals surface area contributed by atoms with Crippen molar-refractivity contribution in [2.75, 3.05) is 12.0 Å². The standard InChI is InChI=1S/C22H22N2O5S/c1-14(20(26)23-13-15-7-9-16(28-2)10-8-15)29-21(27)22-12-11-19(25)24(22)17-5-3-4-6-18(17)30-22/h3-10,14H,11-13H2,1-2H3,(H,23,26). The van der Waals surface area contributed by atoms with Crippen LogP contribution >= 0.6 is 11.8 Å². The smallest absolute Gasteiger partial charge is 0.344 e. The molecule has 4 rings (SSSR count). The molecule has 7 nitrogen and oxygen atoms in total. The van der Waals surface area contributed by atoms with Crippen molar-refractivity contribution >= 4 is 35.2 Å². The van der Waals surface area contributed by atoms with Crippen molar-refractivity contribution in [1.29, 1.82) is 0 Å². The van der Waals surface area contributed by atoms with Crippen LogP contribution in [0.1, 0.15) is 25.3 Å². The first-order valence-electron chi connectivity index (χ1n) is 9.67. The number of esters is 1. The second kappa shape index (κ2) is 8.02. The zero-order valence-electron chi connectivity index (χ0n) is 16.7. The Labute approximate surface area is 178 Å². The highest BCUT2D eigenvalue weighted by molar-refractivity contribution is 8.02. The Morgan fingerprint density at radius 3 is 2.67 bits per heavy atom. The third kappa shape index (κ3) is 3.52. The molecule has 2 atom stereocenters. The van der Waals surface area contributed by atoms with E-state index < -0.39 is 22.9 Å². The number of carbonyl (C=O) groups is 3. The maximum absolute atomic E-state index is 13.1. The number of ether oxygens (including phenoxy) is 2. The molecule has 2 amide bonds. The molecule has 2 heterocycles. The van der Waals surface area contributed by atoms with E-state index in [2.05, 4.69) is 5.32 Å². The Balaban J connectivity index is 1.40. The minimum Gasteiger partial charge on any atom is -0.497 e. The number of hydrogen-bond acceptors (Lipinski definition) is 6. The Morgan fingerprint density at radius 2 is 1.93 bits per heavy atom. The van der Waals surface area contributed by atoms with Crippen LogP contribution in [0, 0.1) is 0 Å². The fraction of sp³-hybridized carbons (Fsp3) is 0.318. The molecule has 156 valence electrons. The molecule has 2 aromatic rings. The average molecular weight is 426 g/mol. The highest BCUT2D eigenvalue weighted by atomic mass is 32.2. The van der Waals surface area contributed by atoms with Gasteiger partial charge in [0.25, 0.3) is 5.91 Å². The van der Waals surface area contributed by atoms with Crippen LogP contribution < -0.4 is 15.0 Å². The van der Waals surface area contributed by atoms with Crippen molar-refractivity contribution in [2.24, 2.45) is 0 Å². The van der Waals surface area contributed by atoms with Gasteiger partial charge in [-0.2, -0.15) is 0 Å². The molecular weight excluding hydrogens is 404 g/mol. The number of para-hydroxylation sites is 1. The topological polar surface area (TPSA) is 84.9 Å². The van der Waals surface area contributed by atoms with Gasteiger partial charge in [-0.15, -0.1) is 0 Å². The van der Waals surface area contributed by atoms with E-state index in [1.54, 1.807) is 7.11 Å². The number of methoxy groups -OCH3 is 1. The molecule has 2 aromatic carbocycles. The van der Waals surface area contributed by atoms with Gasteiger partial charge in [0.2, 0.25) is 5.91 Å². The number of carbonyl (C=O) groups excluding carboxylic acids is 3. The van der Waals surface area contributed by atoms with Crippen LogP contribution in [0.15, 0.2) is 53.4 Å². The highest BCUT2D eigenvalue weighted by Crippen LogP contribution is 2.56. The zero-order chi connectivity index (χ0) is 21.3. The summed E-state index contributed by atoms with van der Waals surface area (Å²) in [4.78, 5) is 39.3. The second-order valence-corrected chi connectivity index (χ2v) is 8.52. The number of hydrogen-bond donors (Lipinski definition) is 1. The quantitative estimate of drug-likeness (QED) is 0.715. The third-order valence-corrected chi connectivity index (χ3v) is 6.73. The number of fused-ring (bicyclic) bond motifs is 3. The number of amides is 2. The normalized spacial score (nSPS) is 20.3. The SMILES string of the molecule is COc1ccc(CNC(=O)C(C)OC(=O)C23CCC(=O)N2c2ccccc2S3)cc1. The van der Waals surface area contributed by atoms with Gasteiger partial charge in [-0.25, -0.2) is 4.79 Å². The maximum atomic E-state index is 13.1. The Kier molecular flexibility index (Phi) is 5.42. The van der Waals surface area contributed by atoms with E-state index in [-0.39, 0.29) is 12.3 Å². The second-order valence-electron chi connectivity index (χ2n) is 7.20. The Morgan fingerprint density at radius 1 is 1.20 bits per heavy atom. The number of rotatable bonds is 6. The van der Waals surface area contributed by atoms with Crippen LogP contribution in [0.5, 0.6) is 5.75 Å². The number of thioether (sulfide) groups is 1. The summed E-state index contributed by atoms with van der Waals surface area (Å²) in [7, 11) is 1.59. The lowest BCUT2D eigenvalue weighted by atomic mass is 10.2. The molecule has 1 fully saturated rings. The summed E-state index contributed by atoms with van der Waals surface area (Å²) in [6.07, 6.45) is -0.356. The summed E-state index contributed by atoms with van der Waals surface area (Å²) >= 11 is 1.32.